The third kappa shape index (κ3) is 3.71. The van der Waals surface area contributed by atoms with E-state index in [1.807, 2.05) is 19.1 Å². The zero-order valence-corrected chi connectivity index (χ0v) is 11.8. The van der Waals surface area contributed by atoms with E-state index in [9.17, 15) is 5.11 Å². The van der Waals surface area contributed by atoms with Crippen molar-refractivity contribution in [2.45, 2.75) is 38.7 Å². The molecule has 0 amide bonds. The van der Waals surface area contributed by atoms with Gasteiger partial charge in [0.15, 0.2) is 0 Å². The lowest BCUT2D eigenvalue weighted by atomic mass is 9.94. The van der Waals surface area contributed by atoms with Gasteiger partial charge in [0, 0.05) is 25.4 Å². The van der Waals surface area contributed by atoms with E-state index in [1.165, 1.54) is 18.5 Å². The topological polar surface area (TPSA) is 43.7 Å². The van der Waals surface area contributed by atoms with Crippen LogP contribution in [-0.4, -0.2) is 29.9 Å². The van der Waals surface area contributed by atoms with E-state index < -0.39 is 0 Å². The summed E-state index contributed by atoms with van der Waals surface area (Å²) in [4.78, 5) is 2.39. The zero-order chi connectivity index (χ0) is 13.7. The van der Waals surface area contributed by atoms with Crippen LogP contribution in [0, 0.1) is 5.92 Å². The van der Waals surface area contributed by atoms with Crippen molar-refractivity contribution in [1.82, 2.24) is 0 Å². The third-order valence-corrected chi connectivity index (χ3v) is 4.09. The Morgan fingerprint density at radius 2 is 2.05 bits per heavy atom. The molecule has 1 fully saturated rings. The lowest BCUT2D eigenvalue weighted by molar-refractivity contribution is 0.173. The number of rotatable bonds is 5. The molecule has 1 aliphatic heterocycles. The largest absolute Gasteiger partial charge is 0.396 e. The van der Waals surface area contributed by atoms with E-state index in [2.05, 4.69) is 17.0 Å². The predicted molar refractivity (Wildman–Crippen MR) is 78.3 cm³/mol. The molecule has 1 aromatic carbocycles. The molecule has 19 heavy (non-hydrogen) atoms. The van der Waals surface area contributed by atoms with Gasteiger partial charge in [0.25, 0.3) is 0 Å². The van der Waals surface area contributed by atoms with E-state index >= 15 is 0 Å². The number of benzene rings is 1. The standard InChI is InChI=1S/C16H25NO2/c1-2-16(19)14-5-7-15(8-6-14)17-10-3-4-13(12-17)9-11-18/h5-8,13,16,18-19H,2-4,9-12H2,1H3/t13?,16-/m1/s1. The fourth-order valence-electron chi connectivity index (χ4n) is 2.86. The Bertz CT molecular complexity index is 375. The fourth-order valence-corrected chi connectivity index (χ4v) is 2.86. The molecule has 0 bridgehead atoms. The predicted octanol–water partition coefficient (Wildman–Crippen LogP) is 2.73. The molecule has 1 unspecified atom stereocenters. The molecule has 0 aliphatic carbocycles. The van der Waals surface area contributed by atoms with Crippen molar-refractivity contribution in [3.63, 3.8) is 0 Å². The van der Waals surface area contributed by atoms with Gasteiger partial charge >= 0.3 is 0 Å². The summed E-state index contributed by atoms with van der Waals surface area (Å²) in [6.45, 7) is 4.41. The summed E-state index contributed by atoms with van der Waals surface area (Å²) in [5.41, 5.74) is 2.23. The van der Waals surface area contributed by atoms with Gasteiger partial charge in [0.05, 0.1) is 6.10 Å². The Morgan fingerprint density at radius 1 is 1.32 bits per heavy atom. The summed E-state index contributed by atoms with van der Waals surface area (Å²) in [5, 5.41) is 18.9. The van der Waals surface area contributed by atoms with E-state index in [4.69, 9.17) is 5.11 Å². The van der Waals surface area contributed by atoms with Crippen LogP contribution in [0.2, 0.25) is 0 Å². The first kappa shape index (κ1) is 14.4. The minimum absolute atomic E-state index is 0.292. The van der Waals surface area contributed by atoms with Gasteiger partial charge in [-0.3, -0.25) is 0 Å². The molecular formula is C16H25NO2. The Balaban J connectivity index is 2.01. The van der Waals surface area contributed by atoms with Gasteiger partial charge in [-0.1, -0.05) is 19.1 Å². The molecule has 0 spiro atoms. The molecule has 1 saturated heterocycles. The van der Waals surface area contributed by atoms with Crippen LogP contribution < -0.4 is 4.90 Å². The summed E-state index contributed by atoms with van der Waals surface area (Å²) in [6.07, 6.45) is 3.73. The van der Waals surface area contributed by atoms with E-state index in [-0.39, 0.29) is 6.10 Å². The van der Waals surface area contributed by atoms with Gasteiger partial charge in [0.1, 0.15) is 0 Å². The van der Waals surface area contributed by atoms with Crippen LogP contribution in [0.1, 0.15) is 44.3 Å². The van der Waals surface area contributed by atoms with Crippen LogP contribution in [0.5, 0.6) is 0 Å². The van der Waals surface area contributed by atoms with Crippen molar-refractivity contribution in [1.29, 1.82) is 0 Å². The Hall–Kier alpha value is -1.06. The van der Waals surface area contributed by atoms with E-state index in [0.717, 1.165) is 31.5 Å². The Kier molecular flexibility index (Phi) is 5.23. The normalized spacial score (nSPS) is 21.4. The number of nitrogens with zero attached hydrogens (tertiary/aromatic N) is 1. The van der Waals surface area contributed by atoms with Crippen LogP contribution in [0.15, 0.2) is 24.3 Å². The molecule has 1 heterocycles. The van der Waals surface area contributed by atoms with Crippen molar-refractivity contribution in [3.05, 3.63) is 29.8 Å². The van der Waals surface area contributed by atoms with Crippen LogP contribution >= 0.6 is 0 Å². The summed E-state index contributed by atoms with van der Waals surface area (Å²) >= 11 is 0. The second-order valence-electron chi connectivity index (χ2n) is 5.48. The Labute approximate surface area is 115 Å². The number of anilines is 1. The number of aliphatic hydroxyl groups excluding tert-OH is 2. The van der Waals surface area contributed by atoms with Crippen molar-refractivity contribution in [2.24, 2.45) is 5.92 Å². The molecule has 2 N–H and O–H groups in total. The quantitative estimate of drug-likeness (QED) is 0.858. The summed E-state index contributed by atoms with van der Waals surface area (Å²) in [7, 11) is 0. The average molecular weight is 263 g/mol. The van der Waals surface area contributed by atoms with Crippen molar-refractivity contribution in [2.75, 3.05) is 24.6 Å². The molecule has 2 rings (SSSR count). The first-order chi connectivity index (χ1) is 9.24. The second-order valence-corrected chi connectivity index (χ2v) is 5.48. The highest BCUT2D eigenvalue weighted by Crippen LogP contribution is 2.26. The minimum Gasteiger partial charge on any atom is -0.396 e. The lowest BCUT2D eigenvalue weighted by Crippen LogP contribution is -2.35. The van der Waals surface area contributed by atoms with E-state index in [1.54, 1.807) is 0 Å². The maximum atomic E-state index is 9.80. The van der Waals surface area contributed by atoms with Gasteiger partial charge in [0.2, 0.25) is 0 Å². The molecular weight excluding hydrogens is 238 g/mol. The number of hydrogen-bond donors (Lipinski definition) is 2. The highest BCUT2D eigenvalue weighted by atomic mass is 16.3. The first-order valence-electron chi connectivity index (χ1n) is 7.38. The van der Waals surface area contributed by atoms with Crippen LogP contribution in [0.25, 0.3) is 0 Å². The maximum Gasteiger partial charge on any atom is 0.0787 e. The molecule has 0 aromatic heterocycles. The van der Waals surface area contributed by atoms with Crippen LogP contribution in [0.4, 0.5) is 5.69 Å². The lowest BCUT2D eigenvalue weighted by Gasteiger charge is -2.34. The molecule has 0 radical (unpaired) electrons. The molecule has 3 nitrogen and oxygen atoms in total. The average Bonchev–Trinajstić information content (AvgIpc) is 2.47. The molecule has 106 valence electrons. The molecule has 3 heteroatoms. The highest BCUT2D eigenvalue weighted by Gasteiger charge is 2.19. The summed E-state index contributed by atoms with van der Waals surface area (Å²) in [6, 6.07) is 8.27. The first-order valence-corrected chi connectivity index (χ1v) is 7.38. The summed E-state index contributed by atoms with van der Waals surface area (Å²) < 4.78 is 0. The van der Waals surface area contributed by atoms with Crippen molar-refractivity contribution >= 4 is 5.69 Å². The minimum atomic E-state index is -0.349. The van der Waals surface area contributed by atoms with E-state index in [0.29, 0.717) is 12.5 Å². The second kappa shape index (κ2) is 6.92. The van der Waals surface area contributed by atoms with Crippen molar-refractivity contribution < 1.29 is 10.2 Å². The molecule has 2 atom stereocenters. The van der Waals surface area contributed by atoms with Gasteiger partial charge < -0.3 is 15.1 Å². The van der Waals surface area contributed by atoms with Crippen LogP contribution in [-0.2, 0) is 0 Å². The SMILES string of the molecule is CC[C@@H](O)c1ccc(N2CCCC(CCO)C2)cc1. The monoisotopic (exact) mass is 263 g/mol. The van der Waals surface area contributed by atoms with Gasteiger partial charge in [-0.2, -0.15) is 0 Å². The van der Waals surface area contributed by atoms with Gasteiger partial charge in [-0.25, -0.2) is 0 Å². The zero-order valence-electron chi connectivity index (χ0n) is 11.8. The number of hydrogen-bond acceptors (Lipinski definition) is 3. The molecule has 1 aliphatic rings. The fraction of sp³-hybridized carbons (Fsp3) is 0.625. The molecule has 0 saturated carbocycles. The van der Waals surface area contributed by atoms with Gasteiger partial charge in [-0.15, -0.1) is 0 Å². The third-order valence-electron chi connectivity index (χ3n) is 4.09. The molecule has 1 aromatic rings. The number of aliphatic hydroxyl groups is 2. The Morgan fingerprint density at radius 3 is 2.68 bits per heavy atom. The number of piperidine rings is 1. The smallest absolute Gasteiger partial charge is 0.0787 e. The summed E-state index contributed by atoms with van der Waals surface area (Å²) in [5.74, 6) is 0.611. The van der Waals surface area contributed by atoms with Crippen LogP contribution in [0.3, 0.4) is 0 Å². The van der Waals surface area contributed by atoms with Gasteiger partial charge in [-0.05, 0) is 49.3 Å². The van der Waals surface area contributed by atoms with Crippen molar-refractivity contribution in [3.8, 4) is 0 Å². The maximum absolute atomic E-state index is 9.80. The highest BCUT2D eigenvalue weighted by molar-refractivity contribution is 5.48.